The first-order valence-corrected chi connectivity index (χ1v) is 7.97. The molecule has 0 fully saturated rings. The minimum atomic E-state index is -0.182. The van der Waals surface area contributed by atoms with Gasteiger partial charge in [0, 0.05) is 17.1 Å². The lowest BCUT2D eigenvalue weighted by atomic mass is 10.1. The van der Waals surface area contributed by atoms with Crippen molar-refractivity contribution in [3.05, 3.63) is 76.3 Å². The van der Waals surface area contributed by atoms with Gasteiger partial charge in [0.2, 0.25) is 5.91 Å². The van der Waals surface area contributed by atoms with E-state index in [-0.39, 0.29) is 12.3 Å². The summed E-state index contributed by atoms with van der Waals surface area (Å²) in [5, 5.41) is 10.3. The first-order valence-electron chi connectivity index (χ1n) is 7.59. The van der Waals surface area contributed by atoms with Crippen LogP contribution in [0.15, 0.2) is 48.5 Å². The van der Waals surface area contributed by atoms with Gasteiger partial charge in [-0.05, 0) is 30.7 Å². The van der Waals surface area contributed by atoms with Crippen LogP contribution >= 0.6 is 11.6 Å². The van der Waals surface area contributed by atoms with Crippen LogP contribution in [0, 0.1) is 6.92 Å². The fourth-order valence-electron chi connectivity index (χ4n) is 2.31. The summed E-state index contributed by atoms with van der Waals surface area (Å²) in [6.45, 7) is 2.05. The summed E-state index contributed by atoms with van der Waals surface area (Å²) in [5.41, 5.74) is 3.02. The SMILES string of the molecule is Cc1ccc(Cc2nc(CC(=O)Nc3cccc(Cl)c3)n[nH]2)cc1. The number of anilines is 1. The largest absolute Gasteiger partial charge is 0.326 e. The number of carbonyl (C=O) groups is 1. The van der Waals surface area contributed by atoms with Crippen molar-refractivity contribution < 1.29 is 4.79 Å². The van der Waals surface area contributed by atoms with E-state index in [0.717, 1.165) is 11.4 Å². The lowest BCUT2D eigenvalue weighted by molar-refractivity contribution is -0.115. The molecule has 3 rings (SSSR count). The second-order valence-electron chi connectivity index (χ2n) is 5.60. The van der Waals surface area contributed by atoms with Gasteiger partial charge in [-0.15, -0.1) is 0 Å². The zero-order valence-electron chi connectivity index (χ0n) is 13.2. The van der Waals surface area contributed by atoms with Crippen molar-refractivity contribution in [1.29, 1.82) is 0 Å². The van der Waals surface area contributed by atoms with Crippen LogP contribution in [0.25, 0.3) is 0 Å². The summed E-state index contributed by atoms with van der Waals surface area (Å²) in [6, 6.07) is 15.3. The average molecular weight is 341 g/mol. The molecule has 6 heteroatoms. The fraction of sp³-hybridized carbons (Fsp3) is 0.167. The average Bonchev–Trinajstić information content (AvgIpc) is 2.96. The number of carbonyl (C=O) groups excluding carboxylic acids is 1. The number of nitrogens with zero attached hydrogens (tertiary/aromatic N) is 2. The Kier molecular flexibility index (Phi) is 4.91. The maximum absolute atomic E-state index is 12.1. The molecular weight excluding hydrogens is 324 g/mol. The van der Waals surface area contributed by atoms with Gasteiger partial charge in [0.05, 0.1) is 6.42 Å². The maximum Gasteiger partial charge on any atom is 0.232 e. The molecule has 5 nitrogen and oxygen atoms in total. The van der Waals surface area contributed by atoms with E-state index in [0.29, 0.717) is 23.0 Å². The number of nitrogens with one attached hydrogen (secondary N) is 2. The van der Waals surface area contributed by atoms with E-state index in [1.54, 1.807) is 24.3 Å². The number of aromatic nitrogens is 3. The standard InChI is InChI=1S/C18H17ClN4O/c1-12-5-7-13(8-6-12)9-16-21-17(23-22-16)11-18(24)20-15-4-2-3-14(19)10-15/h2-8,10H,9,11H2,1H3,(H,20,24)(H,21,22,23). The third-order valence-electron chi connectivity index (χ3n) is 3.50. The zero-order chi connectivity index (χ0) is 16.9. The predicted molar refractivity (Wildman–Crippen MR) is 94.2 cm³/mol. The molecule has 122 valence electrons. The Morgan fingerprint density at radius 1 is 1.21 bits per heavy atom. The smallest absolute Gasteiger partial charge is 0.232 e. The van der Waals surface area contributed by atoms with E-state index in [2.05, 4.69) is 51.7 Å². The molecule has 2 N–H and O–H groups in total. The van der Waals surface area contributed by atoms with Crippen molar-refractivity contribution in [2.24, 2.45) is 0 Å². The molecule has 0 radical (unpaired) electrons. The molecule has 0 bridgehead atoms. The van der Waals surface area contributed by atoms with Crippen molar-refractivity contribution >= 4 is 23.2 Å². The molecule has 0 saturated heterocycles. The van der Waals surface area contributed by atoms with Gasteiger partial charge in [0.25, 0.3) is 0 Å². The van der Waals surface area contributed by atoms with E-state index >= 15 is 0 Å². The number of benzene rings is 2. The molecule has 0 unspecified atom stereocenters. The van der Waals surface area contributed by atoms with E-state index in [1.807, 2.05) is 0 Å². The van der Waals surface area contributed by atoms with Crippen LogP contribution < -0.4 is 5.32 Å². The lowest BCUT2D eigenvalue weighted by Crippen LogP contribution is -2.15. The zero-order valence-corrected chi connectivity index (χ0v) is 14.0. The third-order valence-corrected chi connectivity index (χ3v) is 3.73. The van der Waals surface area contributed by atoms with Crippen LogP contribution in [0.4, 0.5) is 5.69 Å². The lowest BCUT2D eigenvalue weighted by Gasteiger charge is -2.03. The highest BCUT2D eigenvalue weighted by atomic mass is 35.5. The van der Waals surface area contributed by atoms with E-state index in [4.69, 9.17) is 11.6 Å². The number of H-pyrrole nitrogens is 1. The van der Waals surface area contributed by atoms with Gasteiger partial charge in [-0.3, -0.25) is 9.89 Å². The Labute approximate surface area is 145 Å². The molecule has 0 aliphatic carbocycles. The predicted octanol–water partition coefficient (Wildman–Crippen LogP) is 3.54. The third kappa shape index (κ3) is 4.43. The van der Waals surface area contributed by atoms with Crippen LogP contribution in [0.2, 0.25) is 5.02 Å². The number of rotatable bonds is 5. The van der Waals surface area contributed by atoms with Gasteiger partial charge >= 0.3 is 0 Å². The van der Waals surface area contributed by atoms with Gasteiger partial charge < -0.3 is 5.32 Å². The summed E-state index contributed by atoms with van der Waals surface area (Å²) < 4.78 is 0. The minimum Gasteiger partial charge on any atom is -0.326 e. The summed E-state index contributed by atoms with van der Waals surface area (Å²) >= 11 is 5.90. The highest BCUT2D eigenvalue weighted by Crippen LogP contribution is 2.15. The molecule has 0 atom stereocenters. The van der Waals surface area contributed by atoms with Crippen LogP contribution in [0.5, 0.6) is 0 Å². The van der Waals surface area contributed by atoms with Gasteiger partial charge in [0.1, 0.15) is 5.82 Å². The van der Waals surface area contributed by atoms with E-state index in [1.165, 1.54) is 5.56 Å². The van der Waals surface area contributed by atoms with Crippen molar-refractivity contribution in [2.75, 3.05) is 5.32 Å². The Bertz CT molecular complexity index is 842. The van der Waals surface area contributed by atoms with Gasteiger partial charge in [-0.1, -0.05) is 47.5 Å². The number of hydrogen-bond donors (Lipinski definition) is 2. The van der Waals surface area contributed by atoms with Crippen LogP contribution in [0.3, 0.4) is 0 Å². The molecule has 0 aliphatic rings. The first kappa shape index (κ1) is 16.2. The van der Waals surface area contributed by atoms with Gasteiger partial charge in [-0.2, -0.15) is 5.10 Å². The summed E-state index contributed by atoms with van der Waals surface area (Å²) in [6.07, 6.45) is 0.764. The van der Waals surface area contributed by atoms with Crippen LogP contribution in [-0.4, -0.2) is 21.1 Å². The number of amides is 1. The van der Waals surface area contributed by atoms with Gasteiger partial charge in [-0.25, -0.2) is 4.98 Å². The second kappa shape index (κ2) is 7.27. The summed E-state index contributed by atoms with van der Waals surface area (Å²) in [4.78, 5) is 16.4. The Morgan fingerprint density at radius 3 is 2.75 bits per heavy atom. The number of aryl methyl sites for hydroxylation is 1. The number of hydrogen-bond acceptors (Lipinski definition) is 3. The van der Waals surface area contributed by atoms with E-state index in [9.17, 15) is 4.79 Å². The monoisotopic (exact) mass is 340 g/mol. The highest BCUT2D eigenvalue weighted by Gasteiger charge is 2.10. The molecule has 0 saturated carbocycles. The van der Waals surface area contributed by atoms with Crippen molar-refractivity contribution in [3.63, 3.8) is 0 Å². The van der Waals surface area contributed by atoms with E-state index < -0.39 is 0 Å². The molecule has 1 aromatic heterocycles. The molecule has 0 spiro atoms. The highest BCUT2D eigenvalue weighted by molar-refractivity contribution is 6.30. The molecule has 0 aliphatic heterocycles. The Balaban J connectivity index is 1.59. The topological polar surface area (TPSA) is 70.7 Å². The Hall–Kier alpha value is -2.66. The summed E-state index contributed by atoms with van der Waals surface area (Å²) in [5.74, 6) is 1.03. The summed E-state index contributed by atoms with van der Waals surface area (Å²) in [7, 11) is 0. The van der Waals surface area contributed by atoms with Crippen molar-refractivity contribution in [2.45, 2.75) is 19.8 Å². The van der Waals surface area contributed by atoms with Crippen molar-refractivity contribution in [1.82, 2.24) is 15.2 Å². The molecule has 1 amide bonds. The normalized spacial score (nSPS) is 10.6. The van der Waals surface area contributed by atoms with Crippen molar-refractivity contribution in [3.8, 4) is 0 Å². The quantitative estimate of drug-likeness (QED) is 0.746. The Morgan fingerprint density at radius 2 is 2.00 bits per heavy atom. The fourth-order valence-corrected chi connectivity index (χ4v) is 2.50. The maximum atomic E-state index is 12.1. The van der Waals surface area contributed by atoms with Gasteiger partial charge in [0.15, 0.2) is 5.82 Å². The molecule has 24 heavy (non-hydrogen) atoms. The number of aromatic amines is 1. The number of halogens is 1. The molecule has 3 aromatic rings. The molecular formula is C18H17ClN4O. The second-order valence-corrected chi connectivity index (χ2v) is 6.03. The molecule has 2 aromatic carbocycles. The van der Waals surface area contributed by atoms with Crippen LogP contribution in [-0.2, 0) is 17.6 Å². The first-order chi connectivity index (χ1) is 11.6. The minimum absolute atomic E-state index is 0.108. The molecule has 1 heterocycles. The van der Waals surface area contributed by atoms with Crippen LogP contribution in [0.1, 0.15) is 22.8 Å².